The van der Waals surface area contributed by atoms with Crippen LogP contribution in [0.15, 0.2) is 82.0 Å². The van der Waals surface area contributed by atoms with Crippen molar-refractivity contribution >= 4 is 55.1 Å². The summed E-state index contributed by atoms with van der Waals surface area (Å²) in [5, 5.41) is 0. The summed E-state index contributed by atoms with van der Waals surface area (Å²) in [6.07, 6.45) is 1.90. The van der Waals surface area contributed by atoms with E-state index >= 15 is 0 Å². The van der Waals surface area contributed by atoms with E-state index in [4.69, 9.17) is 0 Å². The van der Waals surface area contributed by atoms with Crippen molar-refractivity contribution in [3.05, 3.63) is 93.4 Å². The average molecular weight is 584 g/mol. The zero-order valence-electron chi connectivity index (χ0n) is 19.8. The van der Waals surface area contributed by atoms with E-state index in [1.54, 1.807) is 0 Å². The number of hydrogen-bond donors (Lipinski definition) is 0. The summed E-state index contributed by atoms with van der Waals surface area (Å²) in [4.78, 5) is 21.9. The lowest BCUT2D eigenvalue weighted by molar-refractivity contribution is 0.974. The van der Waals surface area contributed by atoms with Crippen molar-refractivity contribution in [2.24, 2.45) is 0 Å². The van der Waals surface area contributed by atoms with E-state index < -0.39 is 0 Å². The zero-order valence-corrected chi connectivity index (χ0v) is 23.0. The van der Waals surface area contributed by atoms with Crippen molar-refractivity contribution in [2.75, 3.05) is 23.9 Å². The predicted octanol–water partition coefficient (Wildman–Crippen LogP) is 7.14. The van der Waals surface area contributed by atoms with Crippen LogP contribution in [0.25, 0.3) is 0 Å². The van der Waals surface area contributed by atoms with Crippen LogP contribution < -0.4 is 9.80 Å². The van der Waals surface area contributed by atoms with Crippen molar-refractivity contribution in [2.45, 2.75) is 26.7 Å². The first-order chi connectivity index (χ1) is 16.4. The Balaban J connectivity index is 0.000000192. The lowest BCUT2D eigenvalue weighted by Crippen LogP contribution is -2.13. The van der Waals surface area contributed by atoms with Crippen LogP contribution in [0.5, 0.6) is 0 Å². The van der Waals surface area contributed by atoms with Gasteiger partial charge in [-0.2, -0.15) is 0 Å². The highest BCUT2D eigenvalue weighted by molar-refractivity contribution is 9.10. The van der Waals surface area contributed by atoms with Crippen LogP contribution in [-0.4, -0.2) is 34.0 Å². The molecule has 0 saturated heterocycles. The molecule has 0 atom stereocenters. The van der Waals surface area contributed by atoms with Gasteiger partial charge in [-0.15, -0.1) is 0 Å². The lowest BCUT2D eigenvalue weighted by atomic mass is 10.2. The minimum atomic E-state index is 0.812. The molecule has 8 heteroatoms. The number of anilines is 4. The molecule has 4 rings (SSSR count). The van der Waals surface area contributed by atoms with E-state index in [0.717, 1.165) is 56.7 Å². The Labute approximate surface area is 218 Å². The van der Waals surface area contributed by atoms with E-state index in [-0.39, 0.29) is 0 Å². The number of nitrogens with zero attached hydrogens (tertiary/aromatic N) is 6. The first-order valence-electron chi connectivity index (χ1n) is 11.1. The second-order valence-electron chi connectivity index (χ2n) is 7.44. The fourth-order valence-electron chi connectivity index (χ4n) is 3.10. The molecular weight excluding hydrogens is 556 g/mol. The first-order valence-corrected chi connectivity index (χ1v) is 12.6. The van der Waals surface area contributed by atoms with Gasteiger partial charge in [-0.1, -0.05) is 38.1 Å². The summed E-state index contributed by atoms with van der Waals surface area (Å²) >= 11 is 6.70. The third-order valence-corrected chi connectivity index (χ3v) is 5.97. The molecule has 0 saturated carbocycles. The van der Waals surface area contributed by atoms with Crippen molar-refractivity contribution in [3.63, 3.8) is 0 Å². The highest BCUT2D eigenvalue weighted by Crippen LogP contribution is 2.23. The molecule has 0 aliphatic heterocycles. The van der Waals surface area contributed by atoms with Crippen LogP contribution >= 0.6 is 31.9 Å². The van der Waals surface area contributed by atoms with Gasteiger partial charge in [0.1, 0.15) is 32.5 Å². The minimum Gasteiger partial charge on any atom is -0.314 e. The zero-order chi connectivity index (χ0) is 24.5. The predicted molar refractivity (Wildman–Crippen MR) is 147 cm³/mol. The van der Waals surface area contributed by atoms with Crippen LogP contribution in [0.3, 0.4) is 0 Å². The van der Waals surface area contributed by atoms with Gasteiger partial charge in [-0.05, 0) is 93.2 Å². The smallest absolute Gasteiger partial charge is 0.135 e. The molecule has 0 N–H and O–H groups in total. The van der Waals surface area contributed by atoms with Gasteiger partial charge in [0.05, 0.1) is 0 Å². The summed E-state index contributed by atoms with van der Waals surface area (Å²) < 4.78 is 1.62. The first kappa shape index (κ1) is 25.8. The van der Waals surface area contributed by atoms with Crippen molar-refractivity contribution < 1.29 is 0 Å². The third-order valence-electron chi connectivity index (χ3n) is 5.08. The third kappa shape index (κ3) is 7.08. The number of aryl methyl sites for hydroxylation is 2. The van der Waals surface area contributed by atoms with Crippen LogP contribution in [0, 0.1) is 0 Å². The molecule has 0 fully saturated rings. The Morgan fingerprint density at radius 2 is 0.853 bits per heavy atom. The summed E-state index contributed by atoms with van der Waals surface area (Å²) in [7, 11) is 3.94. The quantitative estimate of drug-likeness (QED) is 0.225. The molecular formula is C26H28Br2N6. The van der Waals surface area contributed by atoms with Crippen molar-refractivity contribution in [1.29, 1.82) is 0 Å². The molecule has 0 aliphatic carbocycles. The molecule has 0 radical (unpaired) electrons. The molecule has 176 valence electrons. The molecule has 4 heterocycles. The van der Waals surface area contributed by atoms with Gasteiger partial charge in [0, 0.05) is 25.5 Å². The molecule has 4 aromatic rings. The second kappa shape index (κ2) is 12.6. The van der Waals surface area contributed by atoms with E-state index in [0.29, 0.717) is 0 Å². The fourth-order valence-corrected chi connectivity index (χ4v) is 3.77. The molecule has 0 aromatic carbocycles. The monoisotopic (exact) mass is 582 g/mol. The number of hydrogen-bond acceptors (Lipinski definition) is 6. The number of pyridine rings is 4. The summed E-state index contributed by atoms with van der Waals surface area (Å²) in [6.45, 7) is 4.23. The normalized spacial score (nSPS) is 10.3. The summed E-state index contributed by atoms with van der Waals surface area (Å²) in [5.74, 6) is 3.57. The van der Waals surface area contributed by atoms with Gasteiger partial charge in [-0.3, -0.25) is 0 Å². The van der Waals surface area contributed by atoms with Gasteiger partial charge in [0.2, 0.25) is 0 Å². The molecule has 4 aromatic heterocycles. The highest BCUT2D eigenvalue weighted by atomic mass is 79.9. The van der Waals surface area contributed by atoms with Gasteiger partial charge < -0.3 is 9.80 Å². The molecule has 0 spiro atoms. The van der Waals surface area contributed by atoms with Gasteiger partial charge >= 0.3 is 0 Å². The highest BCUT2D eigenvalue weighted by Gasteiger charge is 2.08. The van der Waals surface area contributed by atoms with E-state index in [1.165, 1.54) is 0 Å². The van der Waals surface area contributed by atoms with E-state index in [1.807, 2.05) is 96.7 Å². The largest absolute Gasteiger partial charge is 0.314 e. The van der Waals surface area contributed by atoms with Crippen LogP contribution in [-0.2, 0) is 12.8 Å². The molecule has 34 heavy (non-hydrogen) atoms. The maximum atomic E-state index is 4.61. The van der Waals surface area contributed by atoms with Crippen LogP contribution in [0.4, 0.5) is 23.3 Å². The van der Waals surface area contributed by atoms with Crippen LogP contribution in [0.2, 0.25) is 0 Å². The Morgan fingerprint density at radius 1 is 0.529 bits per heavy atom. The maximum absolute atomic E-state index is 4.61. The molecule has 6 nitrogen and oxygen atoms in total. The summed E-state index contributed by atoms with van der Waals surface area (Å²) in [5.41, 5.74) is 2.21. The fraction of sp³-hybridized carbons (Fsp3) is 0.231. The Hall–Kier alpha value is -2.84. The molecule has 0 unspecified atom stereocenters. The average Bonchev–Trinajstić information content (AvgIpc) is 2.88. The Morgan fingerprint density at radius 3 is 1.18 bits per heavy atom. The van der Waals surface area contributed by atoms with Gasteiger partial charge in [0.15, 0.2) is 0 Å². The molecule has 0 aliphatic rings. The Bertz CT molecular complexity index is 1120. The van der Waals surface area contributed by atoms with E-state index in [9.17, 15) is 0 Å². The molecule has 0 amide bonds. The minimum absolute atomic E-state index is 0.812. The Kier molecular flexibility index (Phi) is 9.53. The topological polar surface area (TPSA) is 58.0 Å². The number of halogens is 2. The van der Waals surface area contributed by atoms with Crippen molar-refractivity contribution in [3.8, 4) is 0 Å². The van der Waals surface area contributed by atoms with Gasteiger partial charge in [-0.25, -0.2) is 19.9 Å². The summed E-state index contributed by atoms with van der Waals surface area (Å²) in [6, 6.07) is 23.8. The van der Waals surface area contributed by atoms with Gasteiger partial charge in [0.25, 0.3) is 0 Å². The van der Waals surface area contributed by atoms with E-state index in [2.05, 4.69) is 65.6 Å². The van der Waals surface area contributed by atoms with Crippen LogP contribution in [0.1, 0.15) is 25.2 Å². The number of aromatic nitrogens is 4. The lowest BCUT2D eigenvalue weighted by Gasteiger charge is -2.18. The SMILES string of the molecule is CCc1cccc(N(C)c2cccc(CC)n2)n1.CN(c1cccc(Br)n1)c1cccc(Br)n1. The van der Waals surface area contributed by atoms with Crippen molar-refractivity contribution in [1.82, 2.24) is 19.9 Å². The maximum Gasteiger partial charge on any atom is 0.135 e. The molecule has 0 bridgehead atoms. The standard InChI is InChI=1S/C15H19N3.C11H9Br2N3/c1-4-12-8-6-10-14(16-12)18(3)15-11-7-9-13(5-2)17-15;1-16(10-6-2-4-8(12)14-10)11-7-3-5-9(13)15-11/h6-11H,4-5H2,1-3H3;2-7H,1H3. The number of rotatable bonds is 6. The second-order valence-corrected chi connectivity index (χ2v) is 9.06.